The summed E-state index contributed by atoms with van der Waals surface area (Å²) in [7, 11) is 3.48. The molecule has 176 valence electrons. The fraction of sp³-hybridized carbons (Fsp3) is 0.400. The maximum absolute atomic E-state index is 12.2. The van der Waals surface area contributed by atoms with E-state index in [1.807, 2.05) is 36.1 Å². The average molecular weight is 453 g/mol. The van der Waals surface area contributed by atoms with Crippen LogP contribution in [0.1, 0.15) is 30.9 Å². The van der Waals surface area contributed by atoms with Gasteiger partial charge in [-0.3, -0.25) is 9.59 Å². The van der Waals surface area contributed by atoms with Crippen molar-refractivity contribution in [1.82, 2.24) is 9.80 Å². The number of hydrogen-bond donors (Lipinski definition) is 1. The Hall–Kier alpha value is -3.55. The van der Waals surface area contributed by atoms with Crippen LogP contribution in [0, 0.1) is 6.92 Å². The molecule has 33 heavy (non-hydrogen) atoms. The highest BCUT2D eigenvalue weighted by molar-refractivity contribution is 5.99. The van der Waals surface area contributed by atoms with Gasteiger partial charge in [0, 0.05) is 38.9 Å². The van der Waals surface area contributed by atoms with E-state index in [-0.39, 0.29) is 24.6 Å². The van der Waals surface area contributed by atoms with Crippen molar-refractivity contribution in [3.8, 4) is 5.75 Å². The minimum Gasteiger partial charge on any atom is -0.482 e. The summed E-state index contributed by atoms with van der Waals surface area (Å²) in [5.74, 6) is 0.559. The molecule has 0 radical (unpaired) electrons. The first-order valence-corrected chi connectivity index (χ1v) is 11.1. The summed E-state index contributed by atoms with van der Waals surface area (Å²) in [4.78, 5) is 39.2. The number of aryl methyl sites for hydroxylation is 1. The molecule has 2 heterocycles. The number of benzene rings is 2. The fourth-order valence-corrected chi connectivity index (χ4v) is 3.80. The van der Waals surface area contributed by atoms with Crippen LogP contribution in [0.3, 0.4) is 0 Å². The highest BCUT2D eigenvalue weighted by Gasteiger charge is 2.26. The molecule has 2 aromatic carbocycles. The molecule has 1 unspecified atom stereocenters. The average Bonchev–Trinajstić information content (AvgIpc) is 3.24. The SMILES string of the molecule is CC1CCCN1C(=O)Nc1ccc2c(c1)N(C)C(=O)CO2.Cc1ccc(CN(C)C=O)cc1. The number of urea groups is 1. The standard InChI is InChI=1S/C15H19N3O3.C10H13NO/c1-10-4-3-7-18(10)15(20)16-11-5-6-13-12(8-11)17(2)14(19)9-21-13;1-9-3-5-10(6-4-9)7-11(2)8-12/h5-6,8,10H,3-4,7,9H2,1-2H3,(H,16,20);3-6,8H,7H2,1-2H3. The third-order valence-corrected chi connectivity index (χ3v) is 5.84. The highest BCUT2D eigenvalue weighted by Crippen LogP contribution is 2.33. The van der Waals surface area contributed by atoms with Crippen molar-refractivity contribution in [3.05, 3.63) is 53.6 Å². The second-order valence-electron chi connectivity index (χ2n) is 8.54. The zero-order chi connectivity index (χ0) is 24.0. The van der Waals surface area contributed by atoms with Crippen LogP contribution in [0.2, 0.25) is 0 Å². The van der Waals surface area contributed by atoms with Crippen LogP contribution in [-0.2, 0) is 16.1 Å². The molecule has 2 aliphatic heterocycles. The number of likely N-dealkylation sites (tertiary alicyclic amines) is 1. The van der Waals surface area contributed by atoms with Gasteiger partial charge in [-0.05, 0) is 50.5 Å². The Balaban J connectivity index is 0.000000218. The topological polar surface area (TPSA) is 82.2 Å². The number of fused-ring (bicyclic) bond motifs is 1. The normalized spacial score (nSPS) is 16.8. The molecule has 0 aromatic heterocycles. The molecule has 1 N–H and O–H groups in total. The molecule has 1 atom stereocenters. The van der Waals surface area contributed by atoms with E-state index in [4.69, 9.17) is 4.74 Å². The number of nitrogens with one attached hydrogen (secondary N) is 1. The van der Waals surface area contributed by atoms with E-state index in [1.54, 1.807) is 42.1 Å². The van der Waals surface area contributed by atoms with Gasteiger partial charge in [-0.1, -0.05) is 29.8 Å². The van der Waals surface area contributed by atoms with Gasteiger partial charge in [0.2, 0.25) is 6.41 Å². The smallest absolute Gasteiger partial charge is 0.322 e. The zero-order valence-corrected chi connectivity index (χ0v) is 19.7. The van der Waals surface area contributed by atoms with Crippen molar-refractivity contribution in [2.75, 3.05) is 37.5 Å². The van der Waals surface area contributed by atoms with Crippen LogP contribution in [0.15, 0.2) is 42.5 Å². The number of anilines is 2. The van der Waals surface area contributed by atoms with Crippen molar-refractivity contribution >= 4 is 29.7 Å². The summed E-state index contributed by atoms with van der Waals surface area (Å²) in [5, 5.41) is 2.89. The van der Waals surface area contributed by atoms with Crippen LogP contribution in [0.25, 0.3) is 0 Å². The molecule has 8 nitrogen and oxygen atoms in total. The van der Waals surface area contributed by atoms with Crippen molar-refractivity contribution in [1.29, 1.82) is 0 Å². The number of hydrogen-bond acceptors (Lipinski definition) is 4. The summed E-state index contributed by atoms with van der Waals surface area (Å²) in [6.07, 6.45) is 2.92. The first-order valence-electron chi connectivity index (χ1n) is 11.1. The summed E-state index contributed by atoms with van der Waals surface area (Å²) in [5.41, 5.74) is 3.75. The first-order chi connectivity index (χ1) is 15.8. The number of ether oxygens (including phenoxy) is 1. The molecule has 2 aromatic rings. The Morgan fingerprint density at radius 3 is 2.61 bits per heavy atom. The Labute approximate surface area is 195 Å². The van der Waals surface area contributed by atoms with Gasteiger partial charge in [0.25, 0.3) is 5.91 Å². The molecular weight excluding hydrogens is 420 g/mol. The Bertz CT molecular complexity index is 992. The molecular formula is C25H32N4O4. The van der Waals surface area contributed by atoms with Crippen LogP contribution >= 0.6 is 0 Å². The van der Waals surface area contributed by atoms with Crippen molar-refractivity contribution in [2.24, 2.45) is 0 Å². The largest absolute Gasteiger partial charge is 0.482 e. The summed E-state index contributed by atoms with van der Waals surface area (Å²) < 4.78 is 5.37. The lowest BCUT2D eigenvalue weighted by Crippen LogP contribution is -2.37. The Morgan fingerprint density at radius 1 is 1.24 bits per heavy atom. The van der Waals surface area contributed by atoms with E-state index in [1.165, 1.54) is 5.56 Å². The quantitative estimate of drug-likeness (QED) is 0.718. The molecule has 4 amide bonds. The number of amides is 4. The van der Waals surface area contributed by atoms with Crippen molar-refractivity contribution < 1.29 is 19.1 Å². The van der Waals surface area contributed by atoms with Gasteiger partial charge in [0.05, 0.1) is 5.69 Å². The van der Waals surface area contributed by atoms with Gasteiger partial charge in [-0.25, -0.2) is 4.79 Å². The van der Waals surface area contributed by atoms with E-state index in [2.05, 4.69) is 12.2 Å². The molecule has 0 spiro atoms. The van der Waals surface area contributed by atoms with Crippen LogP contribution < -0.4 is 15.0 Å². The zero-order valence-electron chi connectivity index (χ0n) is 19.7. The van der Waals surface area contributed by atoms with Gasteiger partial charge < -0.3 is 24.8 Å². The Morgan fingerprint density at radius 2 is 1.97 bits per heavy atom. The van der Waals surface area contributed by atoms with E-state index >= 15 is 0 Å². The number of carbonyl (C=O) groups excluding carboxylic acids is 3. The van der Waals surface area contributed by atoms with Crippen LogP contribution in [-0.4, -0.2) is 61.4 Å². The van der Waals surface area contributed by atoms with Gasteiger partial charge >= 0.3 is 6.03 Å². The van der Waals surface area contributed by atoms with E-state index < -0.39 is 0 Å². The molecule has 0 aliphatic carbocycles. The summed E-state index contributed by atoms with van der Waals surface area (Å²) in [6.45, 7) is 5.64. The van der Waals surface area contributed by atoms with Crippen LogP contribution in [0.4, 0.5) is 16.2 Å². The number of carbonyl (C=O) groups is 3. The molecule has 1 fully saturated rings. The van der Waals surface area contributed by atoms with Gasteiger partial charge in [-0.15, -0.1) is 0 Å². The predicted molar refractivity (Wildman–Crippen MR) is 128 cm³/mol. The molecule has 0 saturated carbocycles. The summed E-state index contributed by atoms with van der Waals surface area (Å²) >= 11 is 0. The molecule has 0 bridgehead atoms. The molecule has 8 heteroatoms. The van der Waals surface area contributed by atoms with Gasteiger partial charge in [0.1, 0.15) is 5.75 Å². The molecule has 2 aliphatic rings. The third-order valence-electron chi connectivity index (χ3n) is 5.84. The fourth-order valence-electron chi connectivity index (χ4n) is 3.80. The maximum atomic E-state index is 12.2. The predicted octanol–water partition coefficient (Wildman–Crippen LogP) is 3.64. The minimum absolute atomic E-state index is 0.0560. The number of likely N-dealkylation sites (N-methyl/N-ethyl adjacent to an activating group) is 1. The monoisotopic (exact) mass is 452 g/mol. The van der Waals surface area contributed by atoms with Crippen molar-refractivity contribution in [2.45, 2.75) is 39.3 Å². The van der Waals surface area contributed by atoms with E-state index in [9.17, 15) is 14.4 Å². The lowest BCUT2D eigenvalue weighted by molar-refractivity contribution is -0.121. The van der Waals surface area contributed by atoms with Gasteiger partial charge in [0.15, 0.2) is 6.61 Å². The Kier molecular flexibility index (Phi) is 7.92. The number of rotatable bonds is 4. The lowest BCUT2D eigenvalue weighted by Gasteiger charge is -2.27. The highest BCUT2D eigenvalue weighted by atomic mass is 16.5. The summed E-state index contributed by atoms with van der Waals surface area (Å²) in [6, 6.07) is 13.7. The van der Waals surface area contributed by atoms with Crippen LogP contribution in [0.5, 0.6) is 5.75 Å². The van der Waals surface area contributed by atoms with Crippen molar-refractivity contribution in [3.63, 3.8) is 0 Å². The van der Waals surface area contributed by atoms with E-state index in [0.29, 0.717) is 23.7 Å². The van der Waals surface area contributed by atoms with Gasteiger partial charge in [-0.2, -0.15) is 0 Å². The number of nitrogens with zero attached hydrogens (tertiary/aromatic N) is 3. The maximum Gasteiger partial charge on any atom is 0.322 e. The third kappa shape index (κ3) is 6.25. The van der Waals surface area contributed by atoms with E-state index in [0.717, 1.165) is 31.4 Å². The first kappa shape index (κ1) is 24.1. The second kappa shape index (κ2) is 10.8. The molecule has 4 rings (SSSR count). The molecule has 1 saturated heterocycles. The second-order valence-corrected chi connectivity index (χ2v) is 8.54. The lowest BCUT2D eigenvalue weighted by atomic mass is 10.1. The minimum atomic E-state index is -0.0980.